The molecule has 1 aromatic heterocycles. The van der Waals surface area contributed by atoms with Gasteiger partial charge < -0.3 is 14.6 Å². The third-order valence-electron chi connectivity index (χ3n) is 5.95. The van der Waals surface area contributed by atoms with Crippen molar-refractivity contribution < 1.29 is 24.2 Å². The van der Waals surface area contributed by atoms with Crippen molar-refractivity contribution in [1.82, 2.24) is 9.97 Å². The molecule has 4 aromatic rings. The standard InChI is InChI=1S/C28H20Cl2N2O5/c29-18-3-1-2-17(10-18)24-15-31-14-19(32-24)11-25(33)16-4-6-20(7-5-16)37-27-13-26-22(12-23(27)30)21(28(34)35)8-9-36-26/h1-7,10,12-15,21H,8-9,11H2,(H,34,35). The summed E-state index contributed by atoms with van der Waals surface area (Å²) in [5.74, 6) is -0.478. The molecule has 186 valence electrons. The number of carboxylic acid groups (broad SMARTS) is 1. The van der Waals surface area contributed by atoms with E-state index in [1.165, 1.54) is 0 Å². The molecule has 37 heavy (non-hydrogen) atoms. The van der Waals surface area contributed by atoms with Crippen molar-refractivity contribution in [1.29, 1.82) is 0 Å². The van der Waals surface area contributed by atoms with E-state index >= 15 is 0 Å². The van der Waals surface area contributed by atoms with Gasteiger partial charge in [-0.1, -0.05) is 35.3 Å². The molecule has 1 unspecified atom stereocenters. The highest BCUT2D eigenvalue weighted by atomic mass is 35.5. The minimum absolute atomic E-state index is 0.0837. The van der Waals surface area contributed by atoms with Crippen LogP contribution in [-0.2, 0) is 11.2 Å². The monoisotopic (exact) mass is 534 g/mol. The Labute approximate surface area is 222 Å². The van der Waals surface area contributed by atoms with Gasteiger partial charge in [0, 0.05) is 34.0 Å². The molecule has 1 aliphatic rings. The number of carboxylic acids is 1. The van der Waals surface area contributed by atoms with E-state index in [0.717, 1.165) is 5.56 Å². The molecule has 0 saturated carbocycles. The summed E-state index contributed by atoms with van der Waals surface area (Å²) in [5.41, 5.74) is 3.02. The lowest BCUT2D eigenvalue weighted by Gasteiger charge is -2.24. The van der Waals surface area contributed by atoms with Gasteiger partial charge in [0.2, 0.25) is 0 Å². The fourth-order valence-corrected chi connectivity index (χ4v) is 4.51. The van der Waals surface area contributed by atoms with Gasteiger partial charge >= 0.3 is 5.97 Å². The molecule has 5 rings (SSSR count). The molecule has 1 atom stereocenters. The summed E-state index contributed by atoms with van der Waals surface area (Å²) in [7, 11) is 0. The molecule has 2 heterocycles. The minimum Gasteiger partial charge on any atom is -0.493 e. The van der Waals surface area contributed by atoms with Crippen molar-refractivity contribution in [3.63, 3.8) is 0 Å². The molecule has 0 spiro atoms. The van der Waals surface area contributed by atoms with E-state index in [-0.39, 0.29) is 17.2 Å². The van der Waals surface area contributed by atoms with Crippen molar-refractivity contribution in [2.45, 2.75) is 18.8 Å². The zero-order chi connectivity index (χ0) is 25.9. The Hall–Kier alpha value is -3.94. The second-order valence-corrected chi connectivity index (χ2v) is 9.32. The highest BCUT2D eigenvalue weighted by Gasteiger charge is 2.29. The van der Waals surface area contributed by atoms with E-state index in [9.17, 15) is 14.7 Å². The number of Topliss-reactive ketones (excluding diaryl/α,β-unsaturated/α-hetero) is 1. The summed E-state index contributed by atoms with van der Waals surface area (Å²) in [6, 6.07) is 17.1. The second kappa shape index (κ2) is 10.6. The first-order valence-corrected chi connectivity index (χ1v) is 12.2. The van der Waals surface area contributed by atoms with E-state index in [4.69, 9.17) is 32.7 Å². The molecule has 0 radical (unpaired) electrons. The molecule has 0 saturated heterocycles. The fourth-order valence-electron chi connectivity index (χ4n) is 4.11. The lowest BCUT2D eigenvalue weighted by atomic mass is 9.93. The molecule has 0 amide bonds. The fraction of sp³-hybridized carbons (Fsp3) is 0.143. The van der Waals surface area contributed by atoms with Gasteiger partial charge in [0.05, 0.1) is 41.6 Å². The maximum atomic E-state index is 12.9. The van der Waals surface area contributed by atoms with Gasteiger partial charge in [-0.2, -0.15) is 0 Å². The number of fused-ring (bicyclic) bond motifs is 1. The molecular formula is C28H20Cl2N2O5. The van der Waals surface area contributed by atoms with Crippen LogP contribution in [0.2, 0.25) is 10.0 Å². The predicted molar refractivity (Wildman–Crippen MR) is 139 cm³/mol. The number of ether oxygens (including phenoxy) is 2. The number of benzene rings is 3. The first-order chi connectivity index (χ1) is 17.9. The Balaban J connectivity index is 1.28. The van der Waals surface area contributed by atoms with E-state index in [1.54, 1.807) is 60.9 Å². The normalized spacial score (nSPS) is 14.4. The van der Waals surface area contributed by atoms with Crippen LogP contribution < -0.4 is 9.47 Å². The number of nitrogens with zero attached hydrogens (tertiary/aromatic N) is 2. The van der Waals surface area contributed by atoms with Crippen LogP contribution in [0.3, 0.4) is 0 Å². The zero-order valence-electron chi connectivity index (χ0n) is 19.4. The van der Waals surface area contributed by atoms with E-state index in [1.807, 2.05) is 12.1 Å². The predicted octanol–water partition coefficient (Wildman–Crippen LogP) is 6.62. The Morgan fingerprint density at radius 1 is 1.05 bits per heavy atom. The first-order valence-electron chi connectivity index (χ1n) is 11.4. The largest absolute Gasteiger partial charge is 0.493 e. The zero-order valence-corrected chi connectivity index (χ0v) is 20.9. The average Bonchev–Trinajstić information content (AvgIpc) is 2.89. The van der Waals surface area contributed by atoms with Gasteiger partial charge in [-0.3, -0.25) is 14.6 Å². The van der Waals surface area contributed by atoms with Crippen molar-refractivity contribution in [3.05, 3.63) is 99.9 Å². The maximum absolute atomic E-state index is 12.9. The lowest BCUT2D eigenvalue weighted by Crippen LogP contribution is -2.20. The Morgan fingerprint density at radius 2 is 1.86 bits per heavy atom. The average molecular weight is 535 g/mol. The molecular weight excluding hydrogens is 515 g/mol. The Morgan fingerprint density at radius 3 is 2.62 bits per heavy atom. The molecule has 0 aliphatic carbocycles. The first kappa shape index (κ1) is 24.7. The summed E-state index contributed by atoms with van der Waals surface area (Å²) < 4.78 is 11.5. The van der Waals surface area contributed by atoms with E-state index in [2.05, 4.69) is 9.97 Å². The van der Waals surface area contributed by atoms with Crippen LogP contribution in [0, 0.1) is 0 Å². The Bertz CT molecular complexity index is 1490. The number of hydrogen-bond acceptors (Lipinski definition) is 6. The van der Waals surface area contributed by atoms with Crippen LogP contribution in [0.4, 0.5) is 0 Å². The quantitative estimate of drug-likeness (QED) is 0.266. The van der Waals surface area contributed by atoms with Gasteiger partial charge in [-0.05, 0) is 48.9 Å². The summed E-state index contributed by atoms with van der Waals surface area (Å²) >= 11 is 12.4. The smallest absolute Gasteiger partial charge is 0.311 e. The number of rotatable bonds is 7. The highest BCUT2D eigenvalue weighted by molar-refractivity contribution is 6.32. The number of carbonyl (C=O) groups excluding carboxylic acids is 1. The minimum atomic E-state index is -0.920. The van der Waals surface area contributed by atoms with E-state index < -0.39 is 11.9 Å². The Kier molecular flexibility index (Phi) is 7.08. The molecule has 1 aliphatic heterocycles. The van der Waals surface area contributed by atoms with Gasteiger partial charge in [-0.15, -0.1) is 0 Å². The van der Waals surface area contributed by atoms with Gasteiger partial charge in [0.1, 0.15) is 17.2 Å². The molecule has 0 bridgehead atoms. The molecule has 1 N–H and O–H groups in total. The number of aromatic nitrogens is 2. The van der Waals surface area contributed by atoms with Gasteiger partial charge in [-0.25, -0.2) is 4.98 Å². The summed E-state index contributed by atoms with van der Waals surface area (Å²) in [6.07, 6.45) is 3.66. The summed E-state index contributed by atoms with van der Waals surface area (Å²) in [6.45, 7) is 0.300. The van der Waals surface area contributed by atoms with E-state index in [0.29, 0.717) is 57.8 Å². The second-order valence-electron chi connectivity index (χ2n) is 8.48. The van der Waals surface area contributed by atoms with Crippen LogP contribution in [0.25, 0.3) is 11.3 Å². The third kappa shape index (κ3) is 5.58. The topological polar surface area (TPSA) is 98.6 Å². The number of halogens is 2. The number of carbonyl (C=O) groups is 2. The summed E-state index contributed by atoms with van der Waals surface area (Å²) in [4.78, 5) is 33.2. The van der Waals surface area contributed by atoms with Crippen molar-refractivity contribution >= 4 is 35.0 Å². The van der Waals surface area contributed by atoms with Crippen molar-refractivity contribution in [2.24, 2.45) is 0 Å². The van der Waals surface area contributed by atoms with Crippen LogP contribution in [-0.4, -0.2) is 33.4 Å². The van der Waals surface area contributed by atoms with Crippen molar-refractivity contribution in [3.8, 4) is 28.5 Å². The number of aliphatic carboxylic acids is 1. The van der Waals surface area contributed by atoms with Crippen LogP contribution in [0.5, 0.6) is 17.2 Å². The SMILES string of the molecule is O=C(Cc1cncc(-c2cccc(Cl)c2)n1)c1ccc(Oc2cc3c(cc2Cl)C(C(=O)O)CCO3)cc1. The van der Waals surface area contributed by atoms with Crippen LogP contribution >= 0.6 is 23.2 Å². The lowest BCUT2D eigenvalue weighted by molar-refractivity contribution is -0.139. The van der Waals surface area contributed by atoms with Crippen molar-refractivity contribution in [2.75, 3.05) is 6.61 Å². The highest BCUT2D eigenvalue weighted by Crippen LogP contribution is 2.41. The van der Waals surface area contributed by atoms with Crippen LogP contribution in [0.15, 0.2) is 73.1 Å². The van der Waals surface area contributed by atoms with Crippen LogP contribution in [0.1, 0.15) is 34.0 Å². The van der Waals surface area contributed by atoms with Gasteiger partial charge in [0.15, 0.2) is 5.78 Å². The third-order valence-corrected chi connectivity index (χ3v) is 6.48. The van der Waals surface area contributed by atoms with Gasteiger partial charge in [0.25, 0.3) is 0 Å². The molecule has 7 nitrogen and oxygen atoms in total. The number of hydrogen-bond donors (Lipinski definition) is 1. The maximum Gasteiger partial charge on any atom is 0.311 e. The molecule has 3 aromatic carbocycles. The molecule has 0 fully saturated rings. The molecule has 9 heteroatoms. The summed E-state index contributed by atoms with van der Waals surface area (Å²) in [5, 5.41) is 10.3. The number of ketones is 1.